The molecule has 3 aromatic rings. The molecule has 5 rings (SSSR count). The van der Waals surface area contributed by atoms with Crippen LogP contribution in [0, 0.1) is 13.8 Å². The number of para-hydroxylation sites is 1. The van der Waals surface area contributed by atoms with E-state index in [2.05, 4.69) is 32.8 Å². The van der Waals surface area contributed by atoms with E-state index in [1.807, 2.05) is 43.5 Å². The maximum Gasteiger partial charge on any atom is 0.337 e. The van der Waals surface area contributed by atoms with Gasteiger partial charge in [0, 0.05) is 23.6 Å². The molecule has 1 saturated carbocycles. The van der Waals surface area contributed by atoms with Crippen molar-refractivity contribution in [2.75, 3.05) is 0 Å². The van der Waals surface area contributed by atoms with Gasteiger partial charge in [-0.15, -0.1) is 0 Å². The second kappa shape index (κ2) is 8.63. The maximum absolute atomic E-state index is 11.9. The molecule has 0 spiro atoms. The molecule has 33 heavy (non-hydrogen) atoms. The van der Waals surface area contributed by atoms with Crippen molar-refractivity contribution in [2.45, 2.75) is 57.7 Å². The van der Waals surface area contributed by atoms with E-state index in [1.165, 1.54) is 12.8 Å². The van der Waals surface area contributed by atoms with Gasteiger partial charge >= 0.3 is 5.97 Å². The van der Waals surface area contributed by atoms with Crippen molar-refractivity contribution >= 4 is 23.3 Å². The molecule has 1 aliphatic carbocycles. The van der Waals surface area contributed by atoms with Gasteiger partial charge in [0.15, 0.2) is 5.11 Å². The number of carbonyl (C=O) groups is 1. The highest BCUT2D eigenvalue weighted by atomic mass is 32.1. The summed E-state index contributed by atoms with van der Waals surface area (Å²) in [6.45, 7) is 4.11. The zero-order chi connectivity index (χ0) is 23.1. The summed E-state index contributed by atoms with van der Waals surface area (Å²) < 4.78 is 2.06. The van der Waals surface area contributed by atoms with Crippen molar-refractivity contribution in [1.82, 2.24) is 19.8 Å². The molecule has 0 radical (unpaired) electrons. The molecule has 0 unspecified atom stereocenters. The minimum atomic E-state index is -0.928. The third-order valence-corrected chi connectivity index (χ3v) is 7.35. The summed E-state index contributed by atoms with van der Waals surface area (Å²) in [5.74, 6) is -0.928. The molecule has 2 atom stereocenters. The molecular weight excluding hydrogens is 432 g/mol. The summed E-state index contributed by atoms with van der Waals surface area (Å²) >= 11 is 5.87. The molecule has 1 saturated heterocycles. The Hall–Kier alpha value is -3.19. The Morgan fingerprint density at radius 1 is 1.12 bits per heavy atom. The number of nitrogens with zero attached hydrogens (tertiary/aromatic N) is 3. The zero-order valence-corrected chi connectivity index (χ0v) is 19.7. The fourth-order valence-electron chi connectivity index (χ4n) is 5.58. The van der Waals surface area contributed by atoms with Gasteiger partial charge in [-0.3, -0.25) is 4.98 Å². The molecule has 2 fully saturated rings. The van der Waals surface area contributed by atoms with Gasteiger partial charge in [0.05, 0.1) is 29.0 Å². The standard InChI is InChI=1S/C26H28N4O2S/c1-16-15-20(17(2)29(16)22-13-6-5-11-19(22)25(31)32)24-23(21-12-7-8-14-27-21)28-26(33)30(24)18-9-3-4-10-18/h5-8,11-15,18,23-24H,3-4,9-10H2,1-2H3,(H,28,33)(H,31,32)/t23-,24+/m0/s1. The second-order valence-electron chi connectivity index (χ2n) is 8.96. The van der Waals surface area contributed by atoms with Crippen molar-refractivity contribution in [3.8, 4) is 5.69 Å². The third-order valence-electron chi connectivity index (χ3n) is 7.02. The Bertz CT molecular complexity index is 1200. The topological polar surface area (TPSA) is 70.4 Å². The quantitative estimate of drug-likeness (QED) is 0.516. The Balaban J connectivity index is 1.66. The van der Waals surface area contributed by atoms with Gasteiger partial charge in [-0.05, 0) is 74.8 Å². The SMILES string of the molecule is Cc1cc([C@@H]2[C@H](c3ccccn3)NC(=S)N2C2CCCC2)c(C)n1-c1ccccc1C(=O)O. The van der Waals surface area contributed by atoms with Crippen LogP contribution in [-0.4, -0.2) is 36.7 Å². The first-order valence-electron chi connectivity index (χ1n) is 11.5. The lowest BCUT2D eigenvalue weighted by Gasteiger charge is -2.33. The first kappa shape index (κ1) is 21.6. The largest absolute Gasteiger partial charge is 0.478 e. The number of carboxylic acids is 1. The maximum atomic E-state index is 11.9. The molecule has 6 nitrogen and oxygen atoms in total. The van der Waals surface area contributed by atoms with Crippen molar-refractivity contribution < 1.29 is 9.90 Å². The molecule has 0 amide bonds. The number of pyridine rings is 1. The molecule has 2 aromatic heterocycles. The van der Waals surface area contributed by atoms with Crippen molar-refractivity contribution in [3.63, 3.8) is 0 Å². The van der Waals surface area contributed by atoms with Crippen LogP contribution in [0.3, 0.4) is 0 Å². The number of carboxylic acid groups (broad SMARTS) is 1. The van der Waals surface area contributed by atoms with Gasteiger partial charge in [-0.25, -0.2) is 4.79 Å². The Morgan fingerprint density at radius 3 is 2.55 bits per heavy atom. The van der Waals surface area contributed by atoms with E-state index in [1.54, 1.807) is 12.1 Å². The summed E-state index contributed by atoms with van der Waals surface area (Å²) in [6.07, 6.45) is 6.52. The van der Waals surface area contributed by atoms with E-state index < -0.39 is 5.97 Å². The van der Waals surface area contributed by atoms with Gasteiger partial charge < -0.3 is 19.9 Å². The van der Waals surface area contributed by atoms with Crippen LogP contribution in [0.25, 0.3) is 5.69 Å². The number of nitrogens with one attached hydrogen (secondary N) is 1. The average molecular weight is 461 g/mol. The van der Waals surface area contributed by atoms with E-state index in [0.717, 1.165) is 40.6 Å². The molecule has 2 aliphatic rings. The number of aryl methyl sites for hydroxylation is 1. The van der Waals surface area contributed by atoms with Gasteiger partial charge in [0.25, 0.3) is 0 Å². The first-order chi connectivity index (χ1) is 16.0. The molecular formula is C26H28N4O2S. The molecule has 2 N–H and O–H groups in total. The first-order valence-corrected chi connectivity index (χ1v) is 11.9. The van der Waals surface area contributed by atoms with E-state index in [0.29, 0.717) is 17.3 Å². The van der Waals surface area contributed by atoms with Crippen LogP contribution in [0.4, 0.5) is 0 Å². The number of hydrogen-bond acceptors (Lipinski definition) is 3. The van der Waals surface area contributed by atoms with Crippen LogP contribution in [0.5, 0.6) is 0 Å². The van der Waals surface area contributed by atoms with Crippen LogP contribution in [0.2, 0.25) is 0 Å². The van der Waals surface area contributed by atoms with Gasteiger partial charge in [-0.2, -0.15) is 0 Å². The lowest BCUT2D eigenvalue weighted by Crippen LogP contribution is -2.37. The molecule has 1 aromatic carbocycles. The third kappa shape index (κ3) is 3.70. The van der Waals surface area contributed by atoms with Gasteiger partial charge in [0.2, 0.25) is 0 Å². The molecule has 0 bridgehead atoms. The molecule has 3 heterocycles. The van der Waals surface area contributed by atoms with Crippen molar-refractivity contribution in [2.24, 2.45) is 0 Å². The van der Waals surface area contributed by atoms with E-state index in [9.17, 15) is 9.90 Å². The number of aromatic carboxylic acids is 1. The Labute approximate surface area is 199 Å². The highest BCUT2D eigenvalue weighted by Gasteiger charge is 2.44. The Kier molecular flexibility index (Phi) is 5.66. The normalized spacial score (nSPS) is 20.9. The summed E-state index contributed by atoms with van der Waals surface area (Å²) in [4.78, 5) is 19.0. The molecule has 7 heteroatoms. The zero-order valence-electron chi connectivity index (χ0n) is 18.9. The summed E-state index contributed by atoms with van der Waals surface area (Å²) in [6, 6.07) is 15.7. The monoisotopic (exact) mass is 460 g/mol. The summed E-state index contributed by atoms with van der Waals surface area (Å²) in [5, 5.41) is 14.1. The van der Waals surface area contributed by atoms with Crippen molar-refractivity contribution in [3.05, 3.63) is 82.9 Å². The van der Waals surface area contributed by atoms with E-state index >= 15 is 0 Å². The van der Waals surface area contributed by atoms with Crippen molar-refractivity contribution in [1.29, 1.82) is 0 Å². The predicted octanol–water partition coefficient (Wildman–Crippen LogP) is 5.10. The molecule has 1 aliphatic heterocycles. The van der Waals surface area contributed by atoms with Gasteiger partial charge in [0.1, 0.15) is 0 Å². The minimum Gasteiger partial charge on any atom is -0.478 e. The van der Waals surface area contributed by atoms with E-state index in [4.69, 9.17) is 12.2 Å². The predicted molar refractivity (Wildman–Crippen MR) is 132 cm³/mol. The summed E-state index contributed by atoms with van der Waals surface area (Å²) in [7, 11) is 0. The van der Waals surface area contributed by atoms with Crippen LogP contribution in [0.15, 0.2) is 54.7 Å². The second-order valence-corrected chi connectivity index (χ2v) is 9.34. The molecule has 170 valence electrons. The van der Waals surface area contributed by atoms with Crippen LogP contribution >= 0.6 is 12.2 Å². The van der Waals surface area contributed by atoms with Gasteiger partial charge in [-0.1, -0.05) is 31.0 Å². The highest BCUT2D eigenvalue weighted by Crippen LogP contribution is 2.44. The van der Waals surface area contributed by atoms with Crippen LogP contribution in [-0.2, 0) is 0 Å². The number of aromatic nitrogens is 2. The smallest absolute Gasteiger partial charge is 0.337 e. The lowest BCUT2D eigenvalue weighted by atomic mass is 9.95. The lowest BCUT2D eigenvalue weighted by molar-refractivity contribution is 0.0697. The number of rotatable bonds is 5. The fourth-order valence-corrected chi connectivity index (χ4v) is 5.97. The van der Waals surface area contributed by atoms with Crippen LogP contribution in [0.1, 0.15) is 70.8 Å². The fraction of sp³-hybridized carbons (Fsp3) is 0.346. The highest BCUT2D eigenvalue weighted by molar-refractivity contribution is 7.80. The Morgan fingerprint density at radius 2 is 1.85 bits per heavy atom. The number of thiocarbonyl (C=S) groups is 1. The van der Waals surface area contributed by atoms with E-state index in [-0.39, 0.29) is 12.1 Å². The van der Waals surface area contributed by atoms with Crippen LogP contribution < -0.4 is 5.32 Å². The summed E-state index contributed by atoms with van der Waals surface area (Å²) in [5.41, 5.74) is 5.12. The minimum absolute atomic E-state index is 0.00700. The number of hydrogen-bond donors (Lipinski definition) is 2. The average Bonchev–Trinajstić information content (AvgIpc) is 3.52. The number of benzene rings is 1.